The minimum Gasteiger partial charge on any atom is -0.374 e. The Morgan fingerprint density at radius 1 is 1.21 bits per heavy atom. The molecule has 0 spiro atoms. The van der Waals surface area contributed by atoms with Gasteiger partial charge in [-0.25, -0.2) is 14.1 Å². The number of para-hydroxylation sites is 1. The molecular weight excluding hydrogens is 333 g/mol. The molecule has 0 aliphatic carbocycles. The number of anilines is 2. The summed E-state index contributed by atoms with van der Waals surface area (Å²) in [5.74, 6) is -0.766. The zero-order chi connectivity index (χ0) is 16.9. The fourth-order valence-electron chi connectivity index (χ4n) is 2.12. The van der Waals surface area contributed by atoms with Crippen molar-refractivity contribution in [2.45, 2.75) is 0 Å². The third-order valence-electron chi connectivity index (χ3n) is 3.21. The van der Waals surface area contributed by atoms with Crippen LogP contribution in [-0.4, -0.2) is 27.2 Å². The Morgan fingerprint density at radius 3 is 2.79 bits per heavy atom. The van der Waals surface area contributed by atoms with E-state index in [2.05, 4.69) is 20.7 Å². The highest BCUT2D eigenvalue weighted by atomic mass is 35.5. The molecule has 1 amide bonds. The number of rotatable bonds is 5. The van der Waals surface area contributed by atoms with Gasteiger partial charge in [0.1, 0.15) is 18.5 Å². The van der Waals surface area contributed by atoms with Crippen molar-refractivity contribution >= 4 is 28.9 Å². The summed E-state index contributed by atoms with van der Waals surface area (Å²) in [6, 6.07) is 11.2. The van der Waals surface area contributed by atoms with Gasteiger partial charge >= 0.3 is 0 Å². The van der Waals surface area contributed by atoms with Gasteiger partial charge in [-0.3, -0.25) is 4.79 Å². The minimum atomic E-state index is -0.420. The molecule has 1 heterocycles. The summed E-state index contributed by atoms with van der Waals surface area (Å²) < 4.78 is 15.0. The van der Waals surface area contributed by atoms with E-state index in [0.29, 0.717) is 16.4 Å². The lowest BCUT2D eigenvalue weighted by Gasteiger charge is -2.12. The lowest BCUT2D eigenvalue weighted by molar-refractivity contribution is -0.114. The molecule has 0 saturated carbocycles. The van der Waals surface area contributed by atoms with E-state index in [9.17, 15) is 9.18 Å². The Labute approximate surface area is 142 Å². The van der Waals surface area contributed by atoms with Crippen molar-refractivity contribution in [3.8, 4) is 5.69 Å². The predicted molar refractivity (Wildman–Crippen MR) is 89.9 cm³/mol. The highest BCUT2D eigenvalue weighted by molar-refractivity contribution is 6.31. The van der Waals surface area contributed by atoms with Crippen molar-refractivity contribution in [1.82, 2.24) is 14.8 Å². The molecule has 0 aliphatic heterocycles. The molecule has 6 nitrogen and oxygen atoms in total. The highest BCUT2D eigenvalue weighted by Gasteiger charge is 2.10. The summed E-state index contributed by atoms with van der Waals surface area (Å²) in [5, 5.41) is 9.98. The SMILES string of the molecule is O=C(CNc1ccccc1F)Nc1cc(Cl)ccc1-n1cncn1. The van der Waals surface area contributed by atoms with E-state index >= 15 is 0 Å². The number of carbonyl (C=O) groups is 1. The van der Waals surface area contributed by atoms with Crippen LogP contribution in [0.4, 0.5) is 15.8 Å². The maximum atomic E-state index is 13.5. The molecular formula is C16H13ClFN5O. The van der Waals surface area contributed by atoms with Crippen molar-refractivity contribution < 1.29 is 9.18 Å². The van der Waals surface area contributed by atoms with Crippen molar-refractivity contribution in [2.24, 2.45) is 0 Å². The molecule has 0 unspecified atom stereocenters. The molecule has 3 aromatic rings. The molecule has 2 N–H and O–H groups in total. The first kappa shape index (κ1) is 15.9. The lowest BCUT2D eigenvalue weighted by Crippen LogP contribution is -2.23. The standard InChI is InChI=1S/C16H13ClFN5O/c17-11-5-6-15(23-10-19-9-21-23)14(7-11)22-16(24)8-20-13-4-2-1-3-12(13)18/h1-7,9-10,20H,8H2,(H,22,24). The summed E-state index contributed by atoms with van der Waals surface area (Å²) in [6.07, 6.45) is 2.90. The van der Waals surface area contributed by atoms with Crippen LogP contribution < -0.4 is 10.6 Å². The van der Waals surface area contributed by atoms with Crippen molar-refractivity contribution in [2.75, 3.05) is 17.2 Å². The second-order valence-corrected chi connectivity index (χ2v) is 5.32. The monoisotopic (exact) mass is 345 g/mol. The minimum absolute atomic E-state index is 0.0930. The van der Waals surface area contributed by atoms with Gasteiger partial charge in [0.05, 0.1) is 23.6 Å². The molecule has 3 rings (SSSR count). The van der Waals surface area contributed by atoms with Crippen LogP contribution in [0.15, 0.2) is 55.1 Å². The summed E-state index contributed by atoms with van der Waals surface area (Å²) >= 11 is 5.99. The van der Waals surface area contributed by atoms with Gasteiger partial charge in [-0.15, -0.1) is 0 Å². The van der Waals surface area contributed by atoms with Crippen molar-refractivity contribution in [1.29, 1.82) is 0 Å². The van der Waals surface area contributed by atoms with Crippen LogP contribution in [0.3, 0.4) is 0 Å². The average molecular weight is 346 g/mol. The van der Waals surface area contributed by atoms with E-state index in [1.807, 2.05) is 0 Å². The van der Waals surface area contributed by atoms with E-state index < -0.39 is 5.82 Å². The molecule has 0 radical (unpaired) electrons. The molecule has 2 aromatic carbocycles. The summed E-state index contributed by atoms with van der Waals surface area (Å²) in [4.78, 5) is 16.0. The quantitative estimate of drug-likeness (QED) is 0.745. The highest BCUT2D eigenvalue weighted by Crippen LogP contribution is 2.24. The summed E-state index contributed by atoms with van der Waals surface area (Å²) in [5.41, 5.74) is 1.36. The number of hydrogen-bond donors (Lipinski definition) is 2. The van der Waals surface area contributed by atoms with Gasteiger partial charge < -0.3 is 10.6 Å². The Morgan fingerprint density at radius 2 is 2.04 bits per heavy atom. The Bertz CT molecular complexity index is 853. The van der Waals surface area contributed by atoms with Crippen LogP contribution >= 0.6 is 11.6 Å². The first-order valence-corrected chi connectivity index (χ1v) is 7.44. The van der Waals surface area contributed by atoms with Crippen LogP contribution in [-0.2, 0) is 4.79 Å². The number of hydrogen-bond acceptors (Lipinski definition) is 4. The third kappa shape index (κ3) is 3.69. The molecule has 8 heteroatoms. The molecule has 0 aliphatic rings. The van der Waals surface area contributed by atoms with Crippen molar-refractivity contribution in [3.05, 3.63) is 66.0 Å². The number of nitrogens with zero attached hydrogens (tertiary/aromatic N) is 3. The number of halogens is 2. The molecule has 1 aromatic heterocycles. The van der Waals surface area contributed by atoms with E-state index in [1.165, 1.54) is 23.4 Å². The van der Waals surface area contributed by atoms with Gasteiger partial charge in [0.25, 0.3) is 0 Å². The van der Waals surface area contributed by atoms with Gasteiger partial charge in [-0.1, -0.05) is 23.7 Å². The number of aromatic nitrogens is 3. The van der Waals surface area contributed by atoms with Gasteiger partial charge in [0, 0.05) is 5.02 Å². The molecule has 0 atom stereocenters. The number of carbonyl (C=O) groups excluding carboxylic acids is 1. The molecule has 122 valence electrons. The zero-order valence-corrected chi connectivity index (χ0v) is 13.2. The Hall–Kier alpha value is -2.93. The van der Waals surface area contributed by atoms with Crippen LogP contribution in [0.1, 0.15) is 0 Å². The topological polar surface area (TPSA) is 71.8 Å². The van der Waals surface area contributed by atoms with E-state index in [1.54, 1.807) is 36.4 Å². The first-order chi connectivity index (χ1) is 11.6. The maximum absolute atomic E-state index is 13.5. The molecule has 0 fully saturated rings. The molecule has 0 bridgehead atoms. The Kier molecular flexibility index (Phi) is 4.72. The maximum Gasteiger partial charge on any atom is 0.243 e. The third-order valence-corrected chi connectivity index (χ3v) is 3.45. The Balaban J connectivity index is 1.72. The first-order valence-electron chi connectivity index (χ1n) is 7.06. The molecule has 0 saturated heterocycles. The number of nitrogens with one attached hydrogen (secondary N) is 2. The average Bonchev–Trinajstić information content (AvgIpc) is 3.08. The smallest absolute Gasteiger partial charge is 0.243 e. The summed E-state index contributed by atoms with van der Waals surface area (Å²) in [7, 11) is 0. The van der Waals surface area contributed by atoms with E-state index in [4.69, 9.17) is 11.6 Å². The van der Waals surface area contributed by atoms with Crippen LogP contribution in [0.2, 0.25) is 5.02 Å². The zero-order valence-electron chi connectivity index (χ0n) is 12.4. The van der Waals surface area contributed by atoms with Gasteiger partial charge in [-0.05, 0) is 30.3 Å². The van der Waals surface area contributed by atoms with Crippen LogP contribution in [0.25, 0.3) is 5.69 Å². The number of benzene rings is 2. The summed E-state index contributed by atoms with van der Waals surface area (Å²) in [6.45, 7) is -0.0930. The largest absolute Gasteiger partial charge is 0.374 e. The van der Waals surface area contributed by atoms with Gasteiger partial charge in [0.15, 0.2) is 0 Å². The van der Waals surface area contributed by atoms with Crippen LogP contribution in [0.5, 0.6) is 0 Å². The van der Waals surface area contributed by atoms with Gasteiger partial charge in [0.2, 0.25) is 5.91 Å². The van der Waals surface area contributed by atoms with Crippen molar-refractivity contribution in [3.63, 3.8) is 0 Å². The molecule has 24 heavy (non-hydrogen) atoms. The normalized spacial score (nSPS) is 10.4. The second kappa shape index (κ2) is 7.10. The van der Waals surface area contributed by atoms with E-state index in [0.717, 1.165) is 0 Å². The predicted octanol–water partition coefficient (Wildman–Crippen LogP) is 3.11. The fourth-order valence-corrected chi connectivity index (χ4v) is 2.29. The van der Waals surface area contributed by atoms with Crippen LogP contribution in [0, 0.1) is 5.82 Å². The fraction of sp³-hybridized carbons (Fsp3) is 0.0625. The van der Waals surface area contributed by atoms with Gasteiger partial charge in [-0.2, -0.15) is 5.10 Å². The number of amides is 1. The lowest BCUT2D eigenvalue weighted by atomic mass is 10.2. The van der Waals surface area contributed by atoms with E-state index in [-0.39, 0.29) is 18.1 Å². The second-order valence-electron chi connectivity index (χ2n) is 4.88.